The first kappa shape index (κ1) is 23.9. The Balaban J connectivity index is 1.62. The molecule has 32 heavy (non-hydrogen) atoms. The molecule has 0 bridgehead atoms. The monoisotopic (exact) mass is 436 g/mol. The van der Waals surface area contributed by atoms with Gasteiger partial charge in [-0.15, -0.1) is 0 Å². The zero-order valence-corrected chi connectivity index (χ0v) is 19.7. The van der Waals surface area contributed by atoms with Crippen molar-refractivity contribution in [3.63, 3.8) is 0 Å². The fourth-order valence-corrected chi connectivity index (χ4v) is 3.61. The molecule has 0 radical (unpaired) electrons. The maximum absolute atomic E-state index is 13.0. The third-order valence-electron chi connectivity index (χ3n) is 5.64. The Labute approximate surface area is 191 Å². The Bertz CT molecular complexity index is 1020. The second kappa shape index (κ2) is 12.3. The van der Waals surface area contributed by atoms with E-state index in [-0.39, 0.29) is 5.43 Å². The Kier molecular flexibility index (Phi) is 9.21. The molecule has 0 unspecified atom stereocenters. The average molecular weight is 437 g/mol. The van der Waals surface area contributed by atoms with E-state index in [0.29, 0.717) is 35.7 Å². The highest BCUT2D eigenvalue weighted by Gasteiger charge is 2.10. The Hall–Kier alpha value is -2.75. The fraction of sp³-hybridized carbons (Fsp3) is 0.464. The lowest BCUT2D eigenvalue weighted by molar-refractivity contribution is 0.289. The first-order chi connectivity index (χ1) is 15.6. The molecule has 0 aliphatic heterocycles. The van der Waals surface area contributed by atoms with Crippen LogP contribution in [0.1, 0.15) is 65.7 Å². The van der Waals surface area contributed by atoms with Crippen molar-refractivity contribution in [1.29, 1.82) is 0 Å². The maximum atomic E-state index is 13.0. The smallest absolute Gasteiger partial charge is 0.200 e. The van der Waals surface area contributed by atoms with Crippen molar-refractivity contribution in [3.05, 3.63) is 59.0 Å². The van der Waals surface area contributed by atoms with Gasteiger partial charge in [0.1, 0.15) is 23.3 Å². The molecule has 3 rings (SSSR count). The number of benzene rings is 2. The van der Waals surface area contributed by atoms with Gasteiger partial charge in [0, 0.05) is 6.07 Å². The van der Waals surface area contributed by atoms with Crippen molar-refractivity contribution in [2.24, 2.45) is 5.92 Å². The van der Waals surface area contributed by atoms with Crippen LogP contribution in [0.3, 0.4) is 0 Å². The van der Waals surface area contributed by atoms with E-state index in [0.717, 1.165) is 29.9 Å². The lowest BCUT2D eigenvalue weighted by Gasteiger charge is -2.09. The van der Waals surface area contributed by atoms with Gasteiger partial charge in [0.25, 0.3) is 0 Å². The van der Waals surface area contributed by atoms with Crippen LogP contribution in [0.2, 0.25) is 0 Å². The summed E-state index contributed by atoms with van der Waals surface area (Å²) in [5, 5.41) is 0.562. The van der Waals surface area contributed by atoms with Crippen LogP contribution in [0, 0.1) is 5.92 Å². The highest BCUT2D eigenvalue weighted by atomic mass is 16.5. The standard InChI is InChI=1S/C28H36O4/c1-4-5-6-7-8-9-17-30-24-14-15-25-27(19-24)32-20-26(28(25)29)22-10-12-23(13-11-22)31-18-16-21(2)3/h10-15,19-21H,4-9,16-18H2,1-3H3. The van der Waals surface area contributed by atoms with E-state index in [1.807, 2.05) is 36.4 Å². The van der Waals surface area contributed by atoms with Crippen LogP contribution in [0.5, 0.6) is 11.5 Å². The summed E-state index contributed by atoms with van der Waals surface area (Å²) in [5.74, 6) is 2.16. The second-order valence-electron chi connectivity index (χ2n) is 8.81. The minimum Gasteiger partial charge on any atom is -0.494 e. The van der Waals surface area contributed by atoms with Crippen molar-refractivity contribution in [3.8, 4) is 22.6 Å². The van der Waals surface area contributed by atoms with E-state index in [2.05, 4.69) is 20.8 Å². The van der Waals surface area contributed by atoms with Crippen LogP contribution in [-0.2, 0) is 0 Å². The van der Waals surface area contributed by atoms with Gasteiger partial charge in [0.05, 0.1) is 24.2 Å². The molecule has 0 atom stereocenters. The summed E-state index contributed by atoms with van der Waals surface area (Å²) < 4.78 is 17.4. The predicted octanol–water partition coefficient (Wildman–Crippen LogP) is 7.62. The summed E-state index contributed by atoms with van der Waals surface area (Å²) in [6, 6.07) is 13.1. The van der Waals surface area contributed by atoms with E-state index in [4.69, 9.17) is 13.9 Å². The highest BCUT2D eigenvalue weighted by Crippen LogP contribution is 2.25. The van der Waals surface area contributed by atoms with Crippen molar-refractivity contribution >= 4 is 11.0 Å². The molecule has 0 aliphatic rings. The molecular formula is C28H36O4. The van der Waals surface area contributed by atoms with Gasteiger partial charge in [-0.1, -0.05) is 65.0 Å². The van der Waals surface area contributed by atoms with Crippen LogP contribution < -0.4 is 14.9 Å². The average Bonchev–Trinajstić information content (AvgIpc) is 2.79. The van der Waals surface area contributed by atoms with Crippen molar-refractivity contribution in [2.45, 2.75) is 65.7 Å². The first-order valence-electron chi connectivity index (χ1n) is 12.0. The molecule has 172 valence electrons. The molecule has 4 nitrogen and oxygen atoms in total. The van der Waals surface area contributed by atoms with Crippen molar-refractivity contribution < 1.29 is 13.9 Å². The van der Waals surface area contributed by atoms with Crippen LogP contribution in [0.4, 0.5) is 0 Å². The van der Waals surface area contributed by atoms with Gasteiger partial charge < -0.3 is 13.9 Å². The zero-order valence-electron chi connectivity index (χ0n) is 19.7. The lowest BCUT2D eigenvalue weighted by Crippen LogP contribution is -2.05. The molecule has 0 spiro atoms. The van der Waals surface area contributed by atoms with Gasteiger partial charge in [-0.3, -0.25) is 4.79 Å². The Morgan fingerprint density at radius 3 is 2.28 bits per heavy atom. The molecule has 0 aliphatic carbocycles. The summed E-state index contributed by atoms with van der Waals surface area (Å²) in [6.07, 6.45) is 9.92. The van der Waals surface area contributed by atoms with E-state index in [1.165, 1.54) is 38.4 Å². The minimum atomic E-state index is -0.0396. The van der Waals surface area contributed by atoms with Gasteiger partial charge in [0.2, 0.25) is 0 Å². The Morgan fingerprint density at radius 2 is 1.53 bits per heavy atom. The fourth-order valence-electron chi connectivity index (χ4n) is 3.61. The molecule has 1 aromatic heterocycles. The van der Waals surface area contributed by atoms with Gasteiger partial charge in [-0.2, -0.15) is 0 Å². The quantitative estimate of drug-likeness (QED) is 0.259. The van der Waals surface area contributed by atoms with Crippen LogP contribution in [0.15, 0.2) is 57.9 Å². The number of rotatable bonds is 13. The molecule has 2 aromatic carbocycles. The molecule has 3 aromatic rings. The summed E-state index contributed by atoms with van der Waals surface area (Å²) in [7, 11) is 0. The maximum Gasteiger partial charge on any atom is 0.200 e. The van der Waals surface area contributed by atoms with E-state index >= 15 is 0 Å². The molecule has 0 fully saturated rings. The van der Waals surface area contributed by atoms with E-state index in [9.17, 15) is 4.79 Å². The third kappa shape index (κ3) is 6.88. The largest absolute Gasteiger partial charge is 0.494 e. The van der Waals surface area contributed by atoms with Crippen LogP contribution in [0.25, 0.3) is 22.1 Å². The number of unbranched alkanes of at least 4 members (excludes halogenated alkanes) is 5. The van der Waals surface area contributed by atoms with Gasteiger partial charge in [0.15, 0.2) is 5.43 Å². The SMILES string of the molecule is CCCCCCCCOc1ccc2c(=O)c(-c3ccc(OCCC(C)C)cc3)coc2c1. The van der Waals surface area contributed by atoms with Crippen LogP contribution in [-0.4, -0.2) is 13.2 Å². The lowest BCUT2D eigenvalue weighted by atomic mass is 10.1. The number of hydrogen-bond acceptors (Lipinski definition) is 4. The summed E-state index contributed by atoms with van der Waals surface area (Å²) >= 11 is 0. The van der Waals surface area contributed by atoms with E-state index in [1.54, 1.807) is 6.07 Å². The molecular weight excluding hydrogens is 400 g/mol. The molecule has 0 N–H and O–H groups in total. The predicted molar refractivity (Wildman–Crippen MR) is 132 cm³/mol. The number of ether oxygens (including phenoxy) is 2. The van der Waals surface area contributed by atoms with E-state index < -0.39 is 0 Å². The summed E-state index contributed by atoms with van der Waals surface area (Å²) in [6.45, 7) is 7.96. The van der Waals surface area contributed by atoms with Crippen LogP contribution >= 0.6 is 0 Å². The molecule has 1 heterocycles. The van der Waals surface area contributed by atoms with Gasteiger partial charge >= 0.3 is 0 Å². The highest BCUT2D eigenvalue weighted by molar-refractivity contribution is 5.82. The summed E-state index contributed by atoms with van der Waals surface area (Å²) in [5.41, 5.74) is 1.88. The molecule has 0 saturated carbocycles. The zero-order chi connectivity index (χ0) is 22.8. The second-order valence-corrected chi connectivity index (χ2v) is 8.81. The molecule has 0 saturated heterocycles. The number of fused-ring (bicyclic) bond motifs is 1. The first-order valence-corrected chi connectivity index (χ1v) is 12.0. The summed E-state index contributed by atoms with van der Waals surface area (Å²) in [4.78, 5) is 13.0. The minimum absolute atomic E-state index is 0.0396. The molecule has 0 amide bonds. The van der Waals surface area contributed by atoms with Crippen molar-refractivity contribution in [1.82, 2.24) is 0 Å². The topological polar surface area (TPSA) is 48.7 Å². The Morgan fingerprint density at radius 1 is 0.844 bits per heavy atom. The molecule has 4 heteroatoms. The number of hydrogen-bond donors (Lipinski definition) is 0. The third-order valence-corrected chi connectivity index (χ3v) is 5.64. The van der Waals surface area contributed by atoms with Gasteiger partial charge in [-0.25, -0.2) is 0 Å². The normalized spacial score (nSPS) is 11.2. The van der Waals surface area contributed by atoms with Gasteiger partial charge in [-0.05, 0) is 48.6 Å². The van der Waals surface area contributed by atoms with Crippen molar-refractivity contribution in [2.75, 3.05) is 13.2 Å².